The standard InChI is InChI=1S/C44H49F3N6O7S2/c1-9-26-20-43(26,41(56)52-62(57,58)42(7)15-16-42)51-38(54)33-18-29(21-53(33)40(55)36(24(4)5)48-28-12-10-11-27(17-28)44(45,46)47)60-35-19-31(39-50-32(22-61-39)23(2)3)49-37-25(6)34(59-8)14-13-30(35)37/h9-14,17,19,22-23,26,29,33,36,48H,1,4,15-16,18,20-21H2,2-3,5-8H3,(H,51,54)(H,52,56)/t26-,29-,33+,36+,43-/m1/s1. The van der Waals surface area contributed by atoms with E-state index in [1.807, 2.05) is 26.2 Å². The Morgan fingerprint density at radius 2 is 1.82 bits per heavy atom. The summed E-state index contributed by atoms with van der Waals surface area (Å²) in [4.78, 5) is 54.0. The van der Waals surface area contributed by atoms with E-state index >= 15 is 0 Å². The fourth-order valence-corrected chi connectivity index (χ4v) is 9.92. The lowest BCUT2D eigenvalue weighted by atomic mass is 10.1. The number of nitrogens with zero attached hydrogens (tertiary/aromatic N) is 3. The summed E-state index contributed by atoms with van der Waals surface area (Å²) in [5.74, 6) is -1.82. The summed E-state index contributed by atoms with van der Waals surface area (Å²) in [6, 6.07) is 7.13. The SMILES string of the molecule is C=C[C@@H]1C[C@]1(NC(=O)[C@@H]1C[C@@H](Oc2cc(-c3nc(C(C)C)cs3)nc3c(C)c(OC)ccc23)CN1C(=O)[C@@H](Nc1cccc(C(F)(F)F)c1)C(=C)C)C(=O)NS(=O)(=O)C1(C)CC1. The lowest BCUT2D eigenvalue weighted by Crippen LogP contribution is -2.58. The number of nitrogens with one attached hydrogen (secondary N) is 3. The number of thiazole rings is 1. The van der Waals surface area contributed by atoms with Crippen molar-refractivity contribution in [2.24, 2.45) is 5.92 Å². The molecule has 4 aromatic rings. The molecule has 1 aliphatic heterocycles. The van der Waals surface area contributed by atoms with Gasteiger partial charge in [0, 0.05) is 40.4 Å². The molecular formula is C44H49F3N6O7S2. The van der Waals surface area contributed by atoms with Crippen LogP contribution in [0.15, 0.2) is 72.7 Å². The summed E-state index contributed by atoms with van der Waals surface area (Å²) in [5, 5.41) is 8.88. The van der Waals surface area contributed by atoms with E-state index in [2.05, 4.69) is 28.5 Å². The summed E-state index contributed by atoms with van der Waals surface area (Å²) < 4.78 is 80.7. The molecule has 62 heavy (non-hydrogen) atoms. The highest BCUT2D eigenvalue weighted by atomic mass is 32.2. The Morgan fingerprint density at radius 1 is 1.10 bits per heavy atom. The van der Waals surface area contributed by atoms with Gasteiger partial charge in [0.2, 0.25) is 21.8 Å². The Kier molecular flexibility index (Phi) is 11.7. The highest BCUT2D eigenvalue weighted by molar-refractivity contribution is 7.91. The zero-order chi connectivity index (χ0) is 45.1. The number of hydrogen-bond donors (Lipinski definition) is 3. The molecule has 0 radical (unpaired) electrons. The van der Waals surface area contributed by atoms with Crippen molar-refractivity contribution in [1.82, 2.24) is 24.9 Å². The van der Waals surface area contributed by atoms with Crippen molar-refractivity contribution >= 4 is 55.7 Å². The number of likely N-dealkylation sites (tertiary alicyclic amines) is 1. The molecule has 2 aliphatic carbocycles. The first kappa shape index (κ1) is 44.6. The number of amides is 3. The predicted molar refractivity (Wildman–Crippen MR) is 230 cm³/mol. The van der Waals surface area contributed by atoms with Crippen LogP contribution in [0.3, 0.4) is 0 Å². The fraction of sp³-hybridized carbons (Fsp3) is 0.432. The van der Waals surface area contributed by atoms with Crippen LogP contribution in [0.2, 0.25) is 0 Å². The van der Waals surface area contributed by atoms with Gasteiger partial charge >= 0.3 is 6.18 Å². The fourth-order valence-electron chi connectivity index (χ4n) is 7.66. The lowest BCUT2D eigenvalue weighted by Gasteiger charge is -2.30. The highest BCUT2D eigenvalue weighted by Crippen LogP contribution is 2.47. The van der Waals surface area contributed by atoms with Crippen LogP contribution in [0.25, 0.3) is 21.6 Å². The maximum absolute atomic E-state index is 14.7. The van der Waals surface area contributed by atoms with Gasteiger partial charge in [-0.2, -0.15) is 13.2 Å². The summed E-state index contributed by atoms with van der Waals surface area (Å²) in [6.45, 7) is 16.6. The smallest absolute Gasteiger partial charge is 0.416 e. The number of ether oxygens (including phenoxy) is 2. The second kappa shape index (κ2) is 16.3. The third-order valence-corrected chi connectivity index (χ3v) is 15.0. The molecule has 7 rings (SSSR count). The first-order chi connectivity index (χ1) is 29.1. The van der Waals surface area contributed by atoms with Crippen molar-refractivity contribution in [2.45, 2.75) is 101 Å². The number of hydrogen-bond acceptors (Lipinski definition) is 11. The van der Waals surface area contributed by atoms with E-state index in [1.165, 1.54) is 48.3 Å². The van der Waals surface area contributed by atoms with E-state index in [9.17, 15) is 36.0 Å². The third-order valence-electron chi connectivity index (χ3n) is 12.0. The van der Waals surface area contributed by atoms with Crippen molar-refractivity contribution in [3.8, 4) is 22.2 Å². The van der Waals surface area contributed by atoms with Crippen molar-refractivity contribution in [1.29, 1.82) is 0 Å². The molecule has 0 bridgehead atoms. The minimum absolute atomic E-state index is 0.00781. The Labute approximate surface area is 362 Å². The monoisotopic (exact) mass is 894 g/mol. The van der Waals surface area contributed by atoms with Crippen LogP contribution in [0.4, 0.5) is 18.9 Å². The van der Waals surface area contributed by atoms with Crippen LogP contribution in [0.5, 0.6) is 11.5 Å². The quantitative estimate of drug-likeness (QED) is 0.103. The van der Waals surface area contributed by atoms with Gasteiger partial charge in [0.25, 0.3) is 5.91 Å². The van der Waals surface area contributed by atoms with Crippen LogP contribution in [0, 0.1) is 12.8 Å². The van der Waals surface area contributed by atoms with Gasteiger partial charge in [-0.15, -0.1) is 17.9 Å². The molecule has 3 fully saturated rings. The number of alkyl halides is 3. The number of sulfonamides is 1. The molecule has 2 saturated carbocycles. The molecule has 330 valence electrons. The van der Waals surface area contributed by atoms with Crippen molar-refractivity contribution in [3.05, 3.63) is 89.5 Å². The van der Waals surface area contributed by atoms with Crippen molar-refractivity contribution in [2.75, 3.05) is 19.0 Å². The normalized spacial score (nSPS) is 22.2. The van der Waals surface area contributed by atoms with Gasteiger partial charge in [0.05, 0.1) is 35.2 Å². The maximum atomic E-state index is 14.7. The molecule has 0 spiro atoms. The molecule has 3 N–H and O–H groups in total. The minimum Gasteiger partial charge on any atom is -0.496 e. The number of carbonyl (C=O) groups is 3. The van der Waals surface area contributed by atoms with Gasteiger partial charge in [-0.1, -0.05) is 32.6 Å². The van der Waals surface area contributed by atoms with Gasteiger partial charge < -0.3 is 25.0 Å². The Balaban J connectivity index is 1.24. The number of aryl methyl sites for hydroxylation is 1. The second-order valence-electron chi connectivity index (χ2n) is 16.9. The summed E-state index contributed by atoms with van der Waals surface area (Å²) in [5.41, 5.74) is 0.388. The number of halogens is 3. The maximum Gasteiger partial charge on any atom is 0.416 e. The van der Waals surface area contributed by atoms with Gasteiger partial charge in [0.15, 0.2) is 0 Å². The number of anilines is 1. The van der Waals surface area contributed by atoms with Crippen LogP contribution in [-0.4, -0.2) is 83.1 Å². The molecule has 3 amide bonds. The van der Waals surface area contributed by atoms with Crippen molar-refractivity contribution in [3.63, 3.8) is 0 Å². The summed E-state index contributed by atoms with van der Waals surface area (Å²) in [7, 11) is -2.52. The molecule has 5 atom stereocenters. The molecule has 1 saturated heterocycles. The van der Waals surface area contributed by atoms with E-state index in [0.29, 0.717) is 45.9 Å². The molecule has 3 heterocycles. The van der Waals surface area contributed by atoms with Crippen LogP contribution >= 0.6 is 11.3 Å². The minimum atomic E-state index is -4.65. The van der Waals surface area contributed by atoms with Crippen LogP contribution in [-0.2, 0) is 30.6 Å². The average Bonchev–Trinajstić information content (AvgIpc) is 4.00. The first-order valence-corrected chi connectivity index (χ1v) is 22.5. The van der Waals surface area contributed by atoms with Crippen molar-refractivity contribution < 1.29 is 45.4 Å². The number of pyridine rings is 1. The first-order valence-electron chi connectivity index (χ1n) is 20.1. The Hall–Kier alpha value is -5.49. The van der Waals surface area contributed by atoms with Gasteiger partial charge in [0.1, 0.15) is 45.9 Å². The average molecular weight is 895 g/mol. The topological polar surface area (TPSA) is 169 Å². The number of fused-ring (bicyclic) bond motifs is 1. The van der Waals surface area contributed by atoms with Gasteiger partial charge in [-0.05, 0) is 81.9 Å². The number of benzene rings is 2. The van der Waals surface area contributed by atoms with E-state index in [0.717, 1.165) is 23.4 Å². The summed E-state index contributed by atoms with van der Waals surface area (Å²) in [6.07, 6.45) is -3.29. The number of carbonyl (C=O) groups excluding carboxylic acids is 3. The zero-order valence-electron chi connectivity index (χ0n) is 35.2. The summed E-state index contributed by atoms with van der Waals surface area (Å²) >= 11 is 1.43. The molecule has 0 unspecified atom stereocenters. The number of methoxy groups -OCH3 is 1. The number of rotatable bonds is 15. The molecular weight excluding hydrogens is 846 g/mol. The lowest BCUT2D eigenvalue weighted by molar-refractivity contribution is -0.139. The molecule has 3 aliphatic rings. The van der Waals surface area contributed by atoms with Crippen LogP contribution in [0.1, 0.15) is 76.1 Å². The highest BCUT2D eigenvalue weighted by Gasteiger charge is 2.63. The van der Waals surface area contributed by atoms with E-state index in [1.54, 1.807) is 25.3 Å². The zero-order valence-corrected chi connectivity index (χ0v) is 36.8. The molecule has 13 nitrogen and oxygen atoms in total. The van der Waals surface area contributed by atoms with Gasteiger partial charge in [-0.25, -0.2) is 18.4 Å². The van der Waals surface area contributed by atoms with E-state index in [4.69, 9.17) is 19.4 Å². The van der Waals surface area contributed by atoms with Gasteiger partial charge in [-0.3, -0.25) is 19.1 Å². The Morgan fingerprint density at radius 3 is 2.42 bits per heavy atom. The van der Waals surface area contributed by atoms with E-state index < -0.39 is 73.9 Å². The third kappa shape index (κ3) is 8.50. The molecule has 2 aromatic heterocycles. The predicted octanol–water partition coefficient (Wildman–Crippen LogP) is 7.28. The molecule has 2 aromatic carbocycles. The van der Waals surface area contributed by atoms with E-state index in [-0.39, 0.29) is 36.6 Å². The van der Waals surface area contributed by atoms with Crippen LogP contribution < -0.4 is 24.8 Å². The Bertz CT molecular complexity index is 2590. The number of aromatic nitrogens is 2. The molecule has 18 heteroatoms. The second-order valence-corrected chi connectivity index (χ2v) is 20.0. The largest absolute Gasteiger partial charge is 0.496 e.